The second kappa shape index (κ2) is 6.38. The van der Waals surface area contributed by atoms with Crippen LogP contribution in [0.4, 0.5) is 0 Å². The van der Waals surface area contributed by atoms with Crippen molar-refractivity contribution in [2.75, 3.05) is 13.1 Å². The Morgan fingerprint density at radius 2 is 1.57 bits per heavy atom. The molecule has 0 unspecified atom stereocenters. The maximum Gasteiger partial charge on any atom is 0.253 e. The summed E-state index contributed by atoms with van der Waals surface area (Å²) in [6.07, 6.45) is 3.39. The number of piperazine rings is 1. The Hall–Kier alpha value is -2.40. The van der Waals surface area contributed by atoms with Crippen molar-refractivity contribution in [1.82, 2.24) is 15.2 Å². The summed E-state index contributed by atoms with van der Waals surface area (Å²) in [5, 5.41) is 3.41. The molecular formula is C18H21N3O2. The van der Waals surface area contributed by atoms with Crippen LogP contribution in [0, 0.1) is 0 Å². The second-order valence-electron chi connectivity index (χ2n) is 6.19. The van der Waals surface area contributed by atoms with Crippen molar-refractivity contribution in [2.24, 2.45) is 0 Å². The number of nitrogens with one attached hydrogen (secondary N) is 2. The summed E-state index contributed by atoms with van der Waals surface area (Å²) in [7, 11) is 0. The van der Waals surface area contributed by atoms with Crippen molar-refractivity contribution in [2.45, 2.75) is 25.9 Å². The van der Waals surface area contributed by atoms with Crippen molar-refractivity contribution in [3.05, 3.63) is 59.4 Å². The molecule has 1 saturated heterocycles. The molecule has 5 nitrogen and oxygen atoms in total. The number of aromatic nitrogens is 1. The number of H-pyrrole nitrogens is 1. The number of aromatic amines is 1. The van der Waals surface area contributed by atoms with Gasteiger partial charge in [-0.2, -0.15) is 0 Å². The lowest BCUT2D eigenvalue weighted by Gasteiger charge is -2.36. The minimum absolute atomic E-state index is 0.0193. The fraction of sp³-hybridized carbons (Fsp3) is 0.333. The van der Waals surface area contributed by atoms with Crippen molar-refractivity contribution < 1.29 is 9.59 Å². The van der Waals surface area contributed by atoms with Crippen molar-refractivity contribution in [3.8, 4) is 0 Å². The van der Waals surface area contributed by atoms with Crippen LogP contribution in [-0.2, 0) is 0 Å². The lowest BCUT2D eigenvalue weighted by Crippen LogP contribution is -2.55. The molecule has 1 amide bonds. The van der Waals surface area contributed by atoms with E-state index < -0.39 is 0 Å². The zero-order valence-corrected chi connectivity index (χ0v) is 13.4. The van der Waals surface area contributed by atoms with Gasteiger partial charge in [0.25, 0.3) is 5.91 Å². The average Bonchev–Trinajstić information content (AvgIpc) is 3.07. The van der Waals surface area contributed by atoms with Crippen LogP contribution in [0.2, 0.25) is 0 Å². The molecule has 1 fully saturated rings. The molecule has 2 heterocycles. The molecule has 23 heavy (non-hydrogen) atoms. The first-order valence-electron chi connectivity index (χ1n) is 7.87. The van der Waals surface area contributed by atoms with Crippen LogP contribution in [0.1, 0.15) is 40.1 Å². The number of carbonyl (C=O) groups is 2. The molecule has 1 aliphatic rings. The van der Waals surface area contributed by atoms with E-state index in [0.717, 1.165) is 0 Å². The Morgan fingerprint density at radius 3 is 2.13 bits per heavy atom. The molecule has 1 aromatic heterocycles. The van der Waals surface area contributed by atoms with Crippen LogP contribution < -0.4 is 5.32 Å². The highest BCUT2D eigenvalue weighted by Gasteiger charge is 2.25. The van der Waals surface area contributed by atoms with E-state index in [1.807, 2.05) is 4.90 Å². The summed E-state index contributed by atoms with van der Waals surface area (Å²) in [5.74, 6) is -0.0273. The zero-order valence-electron chi connectivity index (χ0n) is 13.4. The van der Waals surface area contributed by atoms with E-state index in [-0.39, 0.29) is 23.8 Å². The number of hydrogen-bond acceptors (Lipinski definition) is 3. The number of amides is 1. The van der Waals surface area contributed by atoms with Crippen molar-refractivity contribution in [3.63, 3.8) is 0 Å². The SMILES string of the molecule is C[C@@H]1CN(C(=O)c2ccc(C(=O)c3cc[nH]c3)cc2)C[C@H](C)N1. The normalized spacial score (nSPS) is 21.2. The number of nitrogens with zero attached hydrogens (tertiary/aromatic N) is 1. The van der Waals surface area contributed by atoms with E-state index in [4.69, 9.17) is 0 Å². The summed E-state index contributed by atoms with van der Waals surface area (Å²) in [6, 6.07) is 9.23. The average molecular weight is 311 g/mol. The molecule has 0 spiro atoms. The number of hydrogen-bond donors (Lipinski definition) is 2. The van der Waals surface area contributed by atoms with E-state index in [9.17, 15) is 9.59 Å². The summed E-state index contributed by atoms with van der Waals surface area (Å²) in [5.41, 5.74) is 1.83. The van der Waals surface area contributed by atoms with E-state index >= 15 is 0 Å². The van der Waals surface area contributed by atoms with Gasteiger partial charge in [-0.3, -0.25) is 9.59 Å². The lowest BCUT2D eigenvalue weighted by molar-refractivity contribution is 0.0673. The van der Waals surface area contributed by atoms with Gasteiger partial charge in [0.05, 0.1) is 0 Å². The third kappa shape index (κ3) is 3.35. The summed E-state index contributed by atoms with van der Waals surface area (Å²) in [6.45, 7) is 5.56. The largest absolute Gasteiger partial charge is 0.367 e. The first kappa shape index (κ1) is 15.5. The van der Waals surface area contributed by atoms with Gasteiger partial charge < -0.3 is 15.2 Å². The number of ketones is 1. The molecular weight excluding hydrogens is 290 g/mol. The lowest BCUT2D eigenvalue weighted by atomic mass is 10.0. The molecule has 0 bridgehead atoms. The zero-order chi connectivity index (χ0) is 16.4. The predicted molar refractivity (Wildman–Crippen MR) is 88.6 cm³/mol. The van der Waals surface area contributed by atoms with Crippen LogP contribution in [0.3, 0.4) is 0 Å². The highest BCUT2D eigenvalue weighted by atomic mass is 16.2. The highest BCUT2D eigenvalue weighted by molar-refractivity contribution is 6.09. The van der Waals surface area contributed by atoms with Gasteiger partial charge >= 0.3 is 0 Å². The van der Waals surface area contributed by atoms with Gasteiger partial charge in [-0.15, -0.1) is 0 Å². The van der Waals surface area contributed by atoms with E-state index in [0.29, 0.717) is 29.8 Å². The highest BCUT2D eigenvalue weighted by Crippen LogP contribution is 2.14. The fourth-order valence-corrected chi connectivity index (χ4v) is 3.07. The monoisotopic (exact) mass is 311 g/mol. The first-order chi connectivity index (χ1) is 11.0. The molecule has 1 aromatic carbocycles. The third-order valence-corrected chi connectivity index (χ3v) is 4.10. The van der Waals surface area contributed by atoms with Gasteiger partial charge in [0, 0.05) is 54.3 Å². The van der Waals surface area contributed by atoms with Gasteiger partial charge in [-0.1, -0.05) is 12.1 Å². The number of benzene rings is 1. The van der Waals surface area contributed by atoms with Gasteiger partial charge in [0.2, 0.25) is 0 Å². The van der Waals surface area contributed by atoms with Gasteiger partial charge in [0.1, 0.15) is 0 Å². The Balaban J connectivity index is 1.74. The van der Waals surface area contributed by atoms with Crippen molar-refractivity contribution in [1.29, 1.82) is 0 Å². The van der Waals surface area contributed by atoms with Crippen molar-refractivity contribution >= 4 is 11.7 Å². The van der Waals surface area contributed by atoms with Crippen LogP contribution in [0.5, 0.6) is 0 Å². The molecule has 3 rings (SSSR count). The van der Waals surface area contributed by atoms with E-state index in [1.54, 1.807) is 42.7 Å². The number of rotatable bonds is 3. The van der Waals surface area contributed by atoms with Gasteiger partial charge in [-0.05, 0) is 32.0 Å². The predicted octanol–water partition coefficient (Wildman–Crippen LogP) is 2.07. The molecule has 0 radical (unpaired) electrons. The topological polar surface area (TPSA) is 65.2 Å². The van der Waals surface area contributed by atoms with Crippen LogP contribution in [0.15, 0.2) is 42.7 Å². The molecule has 120 valence electrons. The number of carbonyl (C=O) groups excluding carboxylic acids is 2. The Bertz CT molecular complexity index is 682. The first-order valence-corrected chi connectivity index (χ1v) is 7.87. The maximum atomic E-state index is 12.6. The Kier molecular flexibility index (Phi) is 4.30. The summed E-state index contributed by atoms with van der Waals surface area (Å²) in [4.78, 5) is 29.6. The Labute approximate surface area is 135 Å². The quantitative estimate of drug-likeness (QED) is 0.853. The fourth-order valence-electron chi connectivity index (χ4n) is 3.07. The molecule has 2 N–H and O–H groups in total. The van der Waals surface area contributed by atoms with Gasteiger partial charge in [-0.25, -0.2) is 0 Å². The molecule has 5 heteroatoms. The summed E-state index contributed by atoms with van der Waals surface area (Å²) >= 11 is 0. The molecule has 1 aliphatic heterocycles. The van der Waals surface area contributed by atoms with Gasteiger partial charge in [0.15, 0.2) is 5.78 Å². The minimum atomic E-state index is -0.0466. The molecule has 2 atom stereocenters. The van der Waals surface area contributed by atoms with Crippen LogP contribution in [-0.4, -0.2) is 46.7 Å². The van der Waals surface area contributed by atoms with Crippen LogP contribution in [0.25, 0.3) is 0 Å². The third-order valence-electron chi connectivity index (χ3n) is 4.10. The standard InChI is InChI=1S/C18H21N3O2/c1-12-10-21(11-13(2)20-12)18(23)15-5-3-14(4-6-15)17(22)16-7-8-19-9-16/h3-9,12-13,19-20H,10-11H2,1-2H3/t12-,13+. The minimum Gasteiger partial charge on any atom is -0.367 e. The Morgan fingerprint density at radius 1 is 0.957 bits per heavy atom. The van der Waals surface area contributed by atoms with E-state index in [2.05, 4.69) is 24.1 Å². The second-order valence-corrected chi connectivity index (χ2v) is 6.19. The molecule has 0 aliphatic carbocycles. The maximum absolute atomic E-state index is 12.6. The smallest absolute Gasteiger partial charge is 0.253 e. The molecule has 2 aromatic rings. The van der Waals surface area contributed by atoms with E-state index in [1.165, 1.54) is 0 Å². The molecule has 0 saturated carbocycles. The van der Waals surface area contributed by atoms with Crippen LogP contribution >= 0.6 is 0 Å². The summed E-state index contributed by atoms with van der Waals surface area (Å²) < 4.78 is 0.